The summed E-state index contributed by atoms with van der Waals surface area (Å²) < 4.78 is 7.16. The molecule has 3 amide bonds. The Bertz CT molecular complexity index is 1560. The highest BCUT2D eigenvalue weighted by molar-refractivity contribution is 6.38. The normalized spacial score (nSPS) is 14.6. The van der Waals surface area contributed by atoms with Gasteiger partial charge in [0.2, 0.25) is 29.4 Å². The number of aromatic nitrogens is 3. The van der Waals surface area contributed by atoms with Crippen LogP contribution in [0.15, 0.2) is 53.1 Å². The minimum Gasteiger partial charge on any atom is -0.394 e. The molecular formula is C27H27ClN6O5. The topological polar surface area (TPSA) is 151 Å². The van der Waals surface area contributed by atoms with Gasteiger partial charge in [-0.05, 0) is 36.6 Å². The zero-order chi connectivity index (χ0) is 27.7. The molecule has 4 N–H and O–H groups in total. The quantitative estimate of drug-likeness (QED) is 0.250. The molecule has 1 unspecified atom stereocenters. The summed E-state index contributed by atoms with van der Waals surface area (Å²) in [6, 6.07) is 14.2. The molecule has 39 heavy (non-hydrogen) atoms. The van der Waals surface area contributed by atoms with Crippen LogP contribution in [0.2, 0.25) is 5.02 Å². The minimum absolute atomic E-state index is 0.246. The smallest absolute Gasteiger partial charge is 0.246 e. The molecule has 0 radical (unpaired) electrons. The maximum Gasteiger partial charge on any atom is 0.246 e. The second-order valence-electron chi connectivity index (χ2n) is 9.51. The number of aliphatic hydroxyl groups is 1. The molecule has 11 nitrogen and oxygen atoms in total. The molecule has 1 aliphatic carbocycles. The van der Waals surface area contributed by atoms with E-state index in [1.54, 1.807) is 6.92 Å². The van der Waals surface area contributed by atoms with E-state index < -0.39 is 30.0 Å². The van der Waals surface area contributed by atoms with E-state index in [4.69, 9.17) is 16.1 Å². The molecular weight excluding hydrogens is 524 g/mol. The SMILES string of the molecule is CC(=O)NC(CO)C(=O)NC1(C(=O)NCc2ccc(-n3c(-c4noc(C)n4)c(Cl)c4ccccc43)cc2)CC1. The number of nitrogens with one attached hydrogen (secondary N) is 3. The van der Waals surface area contributed by atoms with Crippen molar-refractivity contribution in [3.63, 3.8) is 0 Å². The van der Waals surface area contributed by atoms with Crippen LogP contribution in [0, 0.1) is 6.92 Å². The third-order valence-corrected chi connectivity index (χ3v) is 7.01. The van der Waals surface area contributed by atoms with Crippen molar-refractivity contribution in [2.75, 3.05) is 6.61 Å². The number of aliphatic hydroxyl groups excluding tert-OH is 1. The molecule has 2 aromatic carbocycles. The third kappa shape index (κ3) is 5.23. The van der Waals surface area contributed by atoms with Crippen LogP contribution in [0.1, 0.15) is 31.2 Å². The van der Waals surface area contributed by atoms with E-state index >= 15 is 0 Å². The van der Waals surface area contributed by atoms with E-state index in [1.165, 1.54) is 6.92 Å². The Morgan fingerprint density at radius 1 is 1.15 bits per heavy atom. The first-order valence-corrected chi connectivity index (χ1v) is 12.8. The van der Waals surface area contributed by atoms with Gasteiger partial charge in [0.25, 0.3) is 0 Å². The fourth-order valence-electron chi connectivity index (χ4n) is 4.47. The van der Waals surface area contributed by atoms with Crippen molar-refractivity contribution >= 4 is 40.2 Å². The number of hydrogen-bond acceptors (Lipinski definition) is 7. The molecule has 1 fully saturated rings. The minimum atomic E-state index is -1.11. The highest BCUT2D eigenvalue weighted by Crippen LogP contribution is 2.39. The van der Waals surface area contributed by atoms with E-state index in [0.29, 0.717) is 35.3 Å². The van der Waals surface area contributed by atoms with Gasteiger partial charge in [-0.25, -0.2) is 0 Å². The first-order chi connectivity index (χ1) is 18.7. The first kappa shape index (κ1) is 26.4. The fraction of sp³-hybridized carbons (Fsp3) is 0.296. The van der Waals surface area contributed by atoms with Gasteiger partial charge in [0.15, 0.2) is 0 Å². The number of hydrogen-bond donors (Lipinski definition) is 4. The lowest BCUT2D eigenvalue weighted by molar-refractivity contribution is -0.133. The van der Waals surface area contributed by atoms with Gasteiger partial charge in [-0.3, -0.25) is 14.4 Å². The Morgan fingerprint density at radius 3 is 2.49 bits per heavy atom. The molecule has 5 rings (SSSR count). The van der Waals surface area contributed by atoms with Crippen LogP contribution in [-0.4, -0.2) is 55.7 Å². The molecule has 12 heteroatoms. The second kappa shape index (κ2) is 10.5. The second-order valence-corrected chi connectivity index (χ2v) is 9.89. The van der Waals surface area contributed by atoms with Crippen LogP contribution in [0.25, 0.3) is 28.1 Å². The number of nitrogens with zero attached hydrogens (tertiary/aromatic N) is 3. The number of para-hydroxylation sites is 1. The Morgan fingerprint density at radius 2 is 1.87 bits per heavy atom. The van der Waals surface area contributed by atoms with E-state index in [0.717, 1.165) is 22.2 Å². The number of rotatable bonds is 9. The van der Waals surface area contributed by atoms with Gasteiger partial charge in [-0.1, -0.05) is 47.1 Å². The number of benzene rings is 2. The van der Waals surface area contributed by atoms with Crippen molar-refractivity contribution in [3.05, 3.63) is 65.0 Å². The van der Waals surface area contributed by atoms with Crippen LogP contribution in [0.5, 0.6) is 0 Å². The highest BCUT2D eigenvalue weighted by atomic mass is 35.5. The Hall–Kier alpha value is -4.22. The van der Waals surface area contributed by atoms with Crippen LogP contribution in [0.4, 0.5) is 0 Å². The number of aryl methyl sites for hydroxylation is 1. The standard InChI is InChI=1S/C27H27ClN6O5/c1-15(36)30-20(14-35)25(37)32-27(11-12-27)26(38)29-13-17-7-9-18(10-8-17)34-21-6-4-3-5-19(21)22(28)23(34)24-31-16(2)39-33-24/h3-10,20,35H,11-14H2,1-2H3,(H,29,38)(H,30,36)(H,32,37). The average Bonchev–Trinajstić information content (AvgIpc) is 3.49. The van der Waals surface area contributed by atoms with Gasteiger partial charge in [0.1, 0.15) is 17.3 Å². The van der Waals surface area contributed by atoms with Crippen LogP contribution in [0.3, 0.4) is 0 Å². The number of carbonyl (C=O) groups is 3. The number of halogens is 1. The van der Waals surface area contributed by atoms with E-state index in [2.05, 4.69) is 26.1 Å². The summed E-state index contributed by atoms with van der Waals surface area (Å²) in [6.07, 6.45) is 0.947. The first-order valence-electron chi connectivity index (χ1n) is 12.4. The van der Waals surface area contributed by atoms with Gasteiger partial charge in [0, 0.05) is 31.5 Å². The van der Waals surface area contributed by atoms with Gasteiger partial charge in [0.05, 0.1) is 17.1 Å². The Kier molecular flexibility index (Phi) is 7.11. The average molecular weight is 551 g/mol. The number of fused-ring (bicyclic) bond motifs is 1. The third-order valence-electron chi connectivity index (χ3n) is 6.62. The molecule has 0 aliphatic heterocycles. The van der Waals surface area contributed by atoms with Crippen molar-refractivity contribution in [2.45, 2.75) is 44.8 Å². The lowest BCUT2D eigenvalue weighted by Gasteiger charge is -2.21. The summed E-state index contributed by atoms with van der Waals surface area (Å²) in [6.45, 7) is 2.65. The molecule has 0 bridgehead atoms. The molecule has 1 saturated carbocycles. The zero-order valence-corrected chi connectivity index (χ0v) is 22.1. The predicted octanol–water partition coefficient (Wildman–Crippen LogP) is 2.40. The molecule has 2 heterocycles. The lowest BCUT2D eigenvalue weighted by atomic mass is 10.1. The highest BCUT2D eigenvalue weighted by Gasteiger charge is 2.51. The van der Waals surface area contributed by atoms with Gasteiger partial charge < -0.3 is 30.1 Å². The van der Waals surface area contributed by atoms with Crippen LogP contribution in [-0.2, 0) is 20.9 Å². The maximum absolute atomic E-state index is 12.9. The van der Waals surface area contributed by atoms with Crippen molar-refractivity contribution < 1.29 is 24.0 Å². The number of carbonyl (C=O) groups excluding carboxylic acids is 3. The fourth-order valence-corrected chi connectivity index (χ4v) is 4.80. The zero-order valence-electron chi connectivity index (χ0n) is 21.3. The summed E-state index contributed by atoms with van der Waals surface area (Å²) in [5.74, 6) is -0.566. The van der Waals surface area contributed by atoms with Crippen molar-refractivity contribution in [1.29, 1.82) is 0 Å². The molecule has 0 spiro atoms. The summed E-state index contributed by atoms with van der Waals surface area (Å²) in [7, 11) is 0. The Labute approximate surface area is 228 Å². The largest absolute Gasteiger partial charge is 0.394 e. The summed E-state index contributed by atoms with van der Waals surface area (Å²) in [4.78, 5) is 41.0. The number of amides is 3. The summed E-state index contributed by atoms with van der Waals surface area (Å²) >= 11 is 6.76. The molecule has 1 aliphatic rings. The molecule has 202 valence electrons. The predicted molar refractivity (Wildman–Crippen MR) is 143 cm³/mol. The molecule has 0 saturated heterocycles. The van der Waals surface area contributed by atoms with Crippen molar-refractivity contribution in [2.24, 2.45) is 0 Å². The van der Waals surface area contributed by atoms with Crippen LogP contribution < -0.4 is 16.0 Å². The van der Waals surface area contributed by atoms with Crippen molar-refractivity contribution in [3.8, 4) is 17.2 Å². The van der Waals surface area contributed by atoms with Gasteiger partial charge in [-0.2, -0.15) is 4.98 Å². The molecule has 1 atom stereocenters. The van der Waals surface area contributed by atoms with E-state index in [9.17, 15) is 19.5 Å². The monoisotopic (exact) mass is 550 g/mol. The van der Waals surface area contributed by atoms with Crippen LogP contribution >= 0.6 is 11.6 Å². The van der Waals surface area contributed by atoms with Crippen molar-refractivity contribution in [1.82, 2.24) is 30.7 Å². The van der Waals surface area contributed by atoms with Gasteiger partial charge in [-0.15, -0.1) is 0 Å². The maximum atomic E-state index is 12.9. The van der Waals surface area contributed by atoms with Gasteiger partial charge >= 0.3 is 0 Å². The summed E-state index contributed by atoms with van der Waals surface area (Å²) in [5, 5.41) is 22.8. The molecule has 2 aromatic heterocycles. The lowest BCUT2D eigenvalue weighted by Crippen LogP contribution is -2.56. The molecule has 4 aromatic rings. The Balaban J connectivity index is 1.32. The summed E-state index contributed by atoms with van der Waals surface area (Å²) in [5.41, 5.74) is 2.13. The van der Waals surface area contributed by atoms with E-state index in [1.807, 2.05) is 53.1 Å². The van der Waals surface area contributed by atoms with E-state index in [-0.39, 0.29) is 12.5 Å².